The van der Waals surface area contributed by atoms with Gasteiger partial charge in [-0.25, -0.2) is 0 Å². The normalized spacial score (nSPS) is 16.7. The summed E-state index contributed by atoms with van der Waals surface area (Å²) in [4.78, 5) is 18.7. The Bertz CT molecular complexity index is 1270. The molecule has 4 aromatic rings. The topological polar surface area (TPSA) is 55.6 Å². The molecule has 1 saturated heterocycles. The van der Waals surface area contributed by atoms with Crippen molar-refractivity contribution in [1.29, 1.82) is 0 Å². The molecule has 31 heavy (non-hydrogen) atoms. The lowest BCUT2D eigenvalue weighted by molar-refractivity contribution is -0.128. The largest absolute Gasteiger partial charge is 0.452 e. The Hall–Kier alpha value is -3.48. The van der Waals surface area contributed by atoms with Gasteiger partial charge in [-0.05, 0) is 30.2 Å². The molecule has 0 N–H and O–H groups in total. The average Bonchev–Trinajstić information content (AvgIpc) is 3.31. The van der Waals surface area contributed by atoms with Gasteiger partial charge in [0.1, 0.15) is 5.58 Å². The van der Waals surface area contributed by atoms with Crippen molar-refractivity contribution in [1.82, 2.24) is 9.88 Å². The standard InChI is InChI=1S/C24H20F2N2O3/c1-14-2-4-15(5-3-14)12-28-13-16(10-21(28)29)17-6-7-20(31-24(25)26)23-22(17)18-11-27-9-8-19(18)30-23/h2-9,11,16,24H,10,12-13H2,1H3. The van der Waals surface area contributed by atoms with Crippen LogP contribution in [0.25, 0.3) is 21.9 Å². The molecule has 0 radical (unpaired) electrons. The number of likely N-dealkylation sites (tertiary alicyclic amines) is 1. The van der Waals surface area contributed by atoms with Crippen LogP contribution in [0.3, 0.4) is 0 Å². The molecule has 158 valence electrons. The summed E-state index contributed by atoms with van der Waals surface area (Å²) in [5.74, 6) is -0.0367. The van der Waals surface area contributed by atoms with Gasteiger partial charge in [0.05, 0.1) is 0 Å². The molecule has 2 aromatic heterocycles. The molecule has 3 heterocycles. The van der Waals surface area contributed by atoms with Gasteiger partial charge in [-0.1, -0.05) is 35.9 Å². The minimum atomic E-state index is -2.96. The number of hydrogen-bond donors (Lipinski definition) is 0. The average molecular weight is 422 g/mol. The van der Waals surface area contributed by atoms with Gasteiger partial charge >= 0.3 is 6.61 Å². The van der Waals surface area contributed by atoms with Gasteiger partial charge in [0.25, 0.3) is 0 Å². The van der Waals surface area contributed by atoms with Crippen LogP contribution in [0.15, 0.2) is 59.3 Å². The van der Waals surface area contributed by atoms with Crippen LogP contribution in [-0.4, -0.2) is 28.9 Å². The number of fused-ring (bicyclic) bond motifs is 3. The Morgan fingerprint density at radius 1 is 1.19 bits per heavy atom. The number of hydrogen-bond acceptors (Lipinski definition) is 4. The fourth-order valence-electron chi connectivity index (χ4n) is 4.30. The van der Waals surface area contributed by atoms with E-state index in [1.54, 1.807) is 24.5 Å². The van der Waals surface area contributed by atoms with E-state index < -0.39 is 6.61 Å². The van der Waals surface area contributed by atoms with E-state index >= 15 is 0 Å². The van der Waals surface area contributed by atoms with Crippen LogP contribution in [0.4, 0.5) is 8.78 Å². The molecule has 7 heteroatoms. The molecule has 1 unspecified atom stereocenters. The van der Waals surface area contributed by atoms with Crippen LogP contribution in [0.2, 0.25) is 0 Å². The number of nitrogens with zero attached hydrogens (tertiary/aromatic N) is 2. The minimum absolute atomic E-state index is 0.0224. The number of carbonyl (C=O) groups is 1. The number of ether oxygens (including phenoxy) is 1. The number of halogens is 2. The van der Waals surface area contributed by atoms with Crippen LogP contribution in [0, 0.1) is 6.92 Å². The summed E-state index contributed by atoms with van der Waals surface area (Å²) in [6.07, 6.45) is 3.58. The third-order valence-corrected chi connectivity index (χ3v) is 5.78. The van der Waals surface area contributed by atoms with E-state index in [9.17, 15) is 13.6 Å². The highest BCUT2D eigenvalue weighted by Gasteiger charge is 2.33. The predicted octanol–water partition coefficient (Wildman–Crippen LogP) is 5.41. The third kappa shape index (κ3) is 3.60. The summed E-state index contributed by atoms with van der Waals surface area (Å²) in [5, 5.41) is 1.40. The highest BCUT2D eigenvalue weighted by atomic mass is 19.3. The first-order valence-corrected chi connectivity index (χ1v) is 10.1. The highest BCUT2D eigenvalue weighted by molar-refractivity contribution is 6.08. The lowest BCUT2D eigenvalue weighted by Crippen LogP contribution is -2.24. The molecule has 0 saturated carbocycles. The number of furan rings is 1. The van der Waals surface area contributed by atoms with Gasteiger partial charge in [0, 0.05) is 48.6 Å². The Balaban J connectivity index is 1.52. The molecule has 1 aliphatic heterocycles. The molecule has 1 amide bonds. The molecule has 0 aliphatic carbocycles. The first kappa shape index (κ1) is 19.5. The zero-order valence-corrected chi connectivity index (χ0v) is 16.8. The monoisotopic (exact) mass is 422 g/mol. The number of aromatic nitrogens is 1. The van der Waals surface area contributed by atoms with Gasteiger partial charge in [0.2, 0.25) is 5.91 Å². The molecule has 1 aliphatic rings. The van der Waals surface area contributed by atoms with Crippen LogP contribution >= 0.6 is 0 Å². The van der Waals surface area contributed by atoms with Gasteiger partial charge in [-0.2, -0.15) is 8.78 Å². The van der Waals surface area contributed by atoms with Crippen molar-refractivity contribution in [3.05, 3.63) is 71.5 Å². The lowest BCUT2D eigenvalue weighted by Gasteiger charge is -2.18. The summed E-state index contributed by atoms with van der Waals surface area (Å²) in [6.45, 7) is 0.152. The minimum Gasteiger partial charge on any atom is -0.452 e. The molecular formula is C24H20F2N2O3. The number of aryl methyl sites for hydroxylation is 1. The van der Waals surface area contributed by atoms with Gasteiger partial charge in [-0.15, -0.1) is 0 Å². The Morgan fingerprint density at radius 2 is 2.00 bits per heavy atom. The van der Waals surface area contributed by atoms with E-state index in [1.165, 1.54) is 11.6 Å². The Morgan fingerprint density at radius 3 is 2.77 bits per heavy atom. The first-order valence-electron chi connectivity index (χ1n) is 10.1. The second-order valence-electron chi connectivity index (χ2n) is 7.87. The summed E-state index contributed by atoms with van der Waals surface area (Å²) < 4.78 is 36.4. The first-order chi connectivity index (χ1) is 15.0. The SMILES string of the molecule is Cc1ccc(CN2CC(c3ccc(OC(F)F)c4oc5ccncc5c34)CC2=O)cc1. The summed E-state index contributed by atoms with van der Waals surface area (Å²) in [6, 6.07) is 13.1. The molecule has 5 nitrogen and oxygen atoms in total. The van der Waals surface area contributed by atoms with Crippen LogP contribution in [-0.2, 0) is 11.3 Å². The molecule has 0 bridgehead atoms. The van der Waals surface area contributed by atoms with Crippen molar-refractivity contribution >= 4 is 27.8 Å². The highest BCUT2D eigenvalue weighted by Crippen LogP contribution is 2.42. The Labute approximate surface area is 177 Å². The maximum atomic E-state index is 12.9. The number of alkyl halides is 2. The number of amides is 1. The fraction of sp³-hybridized carbons (Fsp3) is 0.250. The van der Waals surface area contributed by atoms with Crippen molar-refractivity contribution in [3.8, 4) is 5.75 Å². The predicted molar refractivity (Wildman–Crippen MR) is 112 cm³/mol. The zero-order chi connectivity index (χ0) is 21.5. The number of carbonyl (C=O) groups excluding carboxylic acids is 1. The van der Waals surface area contributed by atoms with Crippen LogP contribution in [0.5, 0.6) is 5.75 Å². The molecule has 5 rings (SSSR count). The van der Waals surface area contributed by atoms with Crippen molar-refractivity contribution in [2.45, 2.75) is 32.4 Å². The fourth-order valence-corrected chi connectivity index (χ4v) is 4.30. The van der Waals surface area contributed by atoms with Crippen molar-refractivity contribution in [2.75, 3.05) is 6.54 Å². The summed E-state index contributed by atoms with van der Waals surface area (Å²) in [5.41, 5.74) is 3.91. The van der Waals surface area contributed by atoms with E-state index in [1.807, 2.05) is 36.1 Å². The van der Waals surface area contributed by atoms with Gasteiger partial charge < -0.3 is 14.1 Å². The van der Waals surface area contributed by atoms with Crippen molar-refractivity contribution in [3.63, 3.8) is 0 Å². The summed E-state index contributed by atoms with van der Waals surface area (Å²) >= 11 is 0. The zero-order valence-electron chi connectivity index (χ0n) is 16.8. The lowest BCUT2D eigenvalue weighted by atomic mass is 9.93. The molecular weight excluding hydrogens is 402 g/mol. The third-order valence-electron chi connectivity index (χ3n) is 5.78. The van der Waals surface area contributed by atoms with Gasteiger partial charge in [-0.3, -0.25) is 9.78 Å². The second kappa shape index (κ2) is 7.65. The van der Waals surface area contributed by atoms with E-state index in [-0.39, 0.29) is 23.2 Å². The van der Waals surface area contributed by atoms with E-state index in [0.29, 0.717) is 30.5 Å². The van der Waals surface area contributed by atoms with Crippen LogP contribution in [0.1, 0.15) is 29.0 Å². The molecule has 0 spiro atoms. The molecule has 1 fully saturated rings. The number of benzene rings is 2. The van der Waals surface area contributed by atoms with Crippen molar-refractivity contribution in [2.24, 2.45) is 0 Å². The van der Waals surface area contributed by atoms with Crippen molar-refractivity contribution < 1.29 is 22.7 Å². The Kier molecular flexibility index (Phi) is 4.81. The maximum Gasteiger partial charge on any atom is 0.387 e. The van der Waals surface area contributed by atoms with E-state index in [4.69, 9.17) is 4.42 Å². The van der Waals surface area contributed by atoms with Gasteiger partial charge in [0.15, 0.2) is 11.3 Å². The van der Waals surface area contributed by atoms with E-state index in [2.05, 4.69) is 9.72 Å². The maximum absolute atomic E-state index is 12.9. The molecule has 1 atom stereocenters. The molecule has 2 aromatic carbocycles. The second-order valence-corrected chi connectivity index (χ2v) is 7.87. The summed E-state index contributed by atoms with van der Waals surface area (Å²) in [7, 11) is 0. The van der Waals surface area contributed by atoms with Crippen LogP contribution < -0.4 is 4.74 Å². The smallest absolute Gasteiger partial charge is 0.387 e. The number of rotatable bonds is 5. The quantitative estimate of drug-likeness (QED) is 0.432. The number of pyridine rings is 1. The van der Waals surface area contributed by atoms with E-state index in [0.717, 1.165) is 16.5 Å².